The maximum absolute atomic E-state index is 10.9. The third-order valence-corrected chi connectivity index (χ3v) is 3.90. The van der Waals surface area contributed by atoms with Crippen LogP contribution in [0.25, 0.3) is 10.8 Å². The highest BCUT2D eigenvalue weighted by atomic mass is 16.5. The minimum atomic E-state index is -0.736. The van der Waals surface area contributed by atoms with Gasteiger partial charge in [0.2, 0.25) is 0 Å². The molecular formula is C18H22O3. The standard InChI is InChI=1S/C18H22O3/c1-18(2,12-17(19)20)11-10-13-8-9-16(21-3)15-7-5-4-6-14(13)15/h4-9H,10-12H2,1-3H3,(H,19,20). The zero-order chi connectivity index (χ0) is 15.5. The Labute approximate surface area is 125 Å². The summed E-state index contributed by atoms with van der Waals surface area (Å²) in [5, 5.41) is 11.3. The zero-order valence-corrected chi connectivity index (χ0v) is 12.8. The zero-order valence-electron chi connectivity index (χ0n) is 12.8. The van der Waals surface area contributed by atoms with Gasteiger partial charge in [-0.15, -0.1) is 0 Å². The SMILES string of the molecule is COc1ccc(CCC(C)(C)CC(=O)O)c2ccccc12. The second kappa shape index (κ2) is 6.17. The number of carboxylic acids is 1. The maximum Gasteiger partial charge on any atom is 0.303 e. The van der Waals surface area contributed by atoms with E-state index in [0.29, 0.717) is 0 Å². The normalized spacial score (nSPS) is 11.6. The Morgan fingerprint density at radius 2 is 1.81 bits per heavy atom. The highest BCUT2D eigenvalue weighted by Gasteiger charge is 2.22. The summed E-state index contributed by atoms with van der Waals surface area (Å²) in [4.78, 5) is 10.9. The lowest BCUT2D eigenvalue weighted by molar-refractivity contribution is -0.139. The van der Waals surface area contributed by atoms with E-state index in [1.54, 1.807) is 7.11 Å². The molecule has 3 heteroatoms. The van der Waals surface area contributed by atoms with Crippen LogP contribution in [0, 0.1) is 5.41 Å². The van der Waals surface area contributed by atoms with Crippen molar-refractivity contribution in [3.8, 4) is 5.75 Å². The monoisotopic (exact) mass is 286 g/mol. The van der Waals surface area contributed by atoms with E-state index < -0.39 is 5.97 Å². The fourth-order valence-electron chi connectivity index (χ4n) is 2.70. The highest BCUT2D eigenvalue weighted by molar-refractivity contribution is 5.91. The Balaban J connectivity index is 2.25. The summed E-state index contributed by atoms with van der Waals surface area (Å²) in [6.07, 6.45) is 1.90. The summed E-state index contributed by atoms with van der Waals surface area (Å²) in [7, 11) is 1.68. The number of ether oxygens (including phenoxy) is 1. The van der Waals surface area contributed by atoms with Crippen LogP contribution >= 0.6 is 0 Å². The van der Waals surface area contributed by atoms with Crippen molar-refractivity contribution in [3.05, 3.63) is 42.0 Å². The number of methoxy groups -OCH3 is 1. The number of benzene rings is 2. The minimum Gasteiger partial charge on any atom is -0.496 e. The molecule has 0 heterocycles. The molecule has 21 heavy (non-hydrogen) atoms. The van der Waals surface area contributed by atoms with E-state index in [-0.39, 0.29) is 11.8 Å². The number of carbonyl (C=O) groups is 1. The van der Waals surface area contributed by atoms with Gasteiger partial charge in [0.1, 0.15) is 5.75 Å². The average Bonchev–Trinajstić information content (AvgIpc) is 2.43. The van der Waals surface area contributed by atoms with E-state index in [9.17, 15) is 4.79 Å². The quantitative estimate of drug-likeness (QED) is 0.862. The number of rotatable bonds is 6. The Morgan fingerprint density at radius 1 is 1.14 bits per heavy atom. The topological polar surface area (TPSA) is 46.5 Å². The van der Waals surface area contributed by atoms with E-state index in [4.69, 9.17) is 9.84 Å². The highest BCUT2D eigenvalue weighted by Crippen LogP contribution is 2.32. The molecule has 0 bridgehead atoms. The summed E-state index contributed by atoms with van der Waals surface area (Å²) in [6, 6.07) is 12.2. The van der Waals surface area contributed by atoms with Crippen LogP contribution < -0.4 is 4.74 Å². The van der Waals surface area contributed by atoms with Crippen LogP contribution in [-0.2, 0) is 11.2 Å². The molecule has 1 N–H and O–H groups in total. The van der Waals surface area contributed by atoms with Crippen molar-refractivity contribution in [1.29, 1.82) is 0 Å². The first-order valence-electron chi connectivity index (χ1n) is 7.19. The first-order chi connectivity index (χ1) is 9.93. The van der Waals surface area contributed by atoms with Crippen molar-refractivity contribution in [1.82, 2.24) is 0 Å². The predicted octanol–water partition coefficient (Wildman–Crippen LogP) is 4.28. The molecule has 3 nitrogen and oxygen atoms in total. The van der Waals surface area contributed by atoms with Crippen LogP contribution in [0.5, 0.6) is 5.75 Å². The number of aryl methyl sites for hydroxylation is 1. The second-order valence-corrected chi connectivity index (χ2v) is 6.21. The lowest BCUT2D eigenvalue weighted by atomic mass is 9.82. The van der Waals surface area contributed by atoms with Gasteiger partial charge < -0.3 is 9.84 Å². The predicted molar refractivity (Wildman–Crippen MR) is 84.9 cm³/mol. The van der Waals surface area contributed by atoms with Gasteiger partial charge in [0.25, 0.3) is 0 Å². The molecule has 0 aliphatic rings. The third-order valence-electron chi connectivity index (χ3n) is 3.90. The molecule has 2 aromatic rings. The van der Waals surface area contributed by atoms with Crippen molar-refractivity contribution in [3.63, 3.8) is 0 Å². The van der Waals surface area contributed by atoms with Crippen molar-refractivity contribution in [2.75, 3.05) is 7.11 Å². The van der Waals surface area contributed by atoms with Gasteiger partial charge in [0, 0.05) is 5.39 Å². The molecule has 2 rings (SSSR count). The van der Waals surface area contributed by atoms with Gasteiger partial charge in [-0.2, -0.15) is 0 Å². The molecule has 0 radical (unpaired) electrons. The van der Waals surface area contributed by atoms with Gasteiger partial charge in [-0.3, -0.25) is 4.79 Å². The van der Waals surface area contributed by atoms with Crippen LogP contribution in [0.3, 0.4) is 0 Å². The molecule has 0 fully saturated rings. The summed E-state index contributed by atoms with van der Waals surface area (Å²) in [6.45, 7) is 4.01. The maximum atomic E-state index is 10.9. The number of hydrogen-bond donors (Lipinski definition) is 1. The Morgan fingerprint density at radius 3 is 2.43 bits per heavy atom. The van der Waals surface area contributed by atoms with E-state index in [0.717, 1.165) is 24.0 Å². The van der Waals surface area contributed by atoms with Gasteiger partial charge >= 0.3 is 5.97 Å². The molecule has 0 amide bonds. The van der Waals surface area contributed by atoms with E-state index >= 15 is 0 Å². The fourth-order valence-corrected chi connectivity index (χ4v) is 2.70. The molecule has 0 aromatic heterocycles. The Hall–Kier alpha value is -2.03. The number of aliphatic carboxylic acids is 1. The van der Waals surface area contributed by atoms with E-state index in [1.165, 1.54) is 10.9 Å². The van der Waals surface area contributed by atoms with Crippen molar-refractivity contribution in [2.24, 2.45) is 5.41 Å². The first kappa shape index (κ1) is 15.4. The van der Waals surface area contributed by atoms with Crippen LogP contribution in [-0.4, -0.2) is 18.2 Å². The molecule has 0 aliphatic heterocycles. The largest absolute Gasteiger partial charge is 0.496 e. The van der Waals surface area contributed by atoms with Gasteiger partial charge in [-0.25, -0.2) is 0 Å². The Bertz CT molecular complexity index is 644. The molecular weight excluding hydrogens is 264 g/mol. The van der Waals surface area contributed by atoms with Crippen LogP contribution in [0.1, 0.15) is 32.3 Å². The van der Waals surface area contributed by atoms with E-state index in [1.807, 2.05) is 32.0 Å². The third kappa shape index (κ3) is 3.75. The smallest absolute Gasteiger partial charge is 0.303 e. The summed E-state index contributed by atoms with van der Waals surface area (Å²) in [5.74, 6) is 0.138. The minimum absolute atomic E-state index is 0.196. The first-order valence-corrected chi connectivity index (χ1v) is 7.19. The molecule has 0 atom stereocenters. The lowest BCUT2D eigenvalue weighted by Gasteiger charge is -2.22. The second-order valence-electron chi connectivity index (χ2n) is 6.21. The summed E-state index contributed by atoms with van der Waals surface area (Å²) >= 11 is 0. The molecule has 0 unspecified atom stereocenters. The number of hydrogen-bond acceptors (Lipinski definition) is 2. The molecule has 0 spiro atoms. The average molecular weight is 286 g/mol. The summed E-state index contributed by atoms with van der Waals surface area (Å²) in [5.41, 5.74) is 1.04. The van der Waals surface area contributed by atoms with Gasteiger partial charge in [-0.1, -0.05) is 44.2 Å². The van der Waals surface area contributed by atoms with Crippen molar-refractivity contribution < 1.29 is 14.6 Å². The summed E-state index contributed by atoms with van der Waals surface area (Å²) < 4.78 is 5.40. The lowest BCUT2D eigenvalue weighted by Crippen LogP contribution is -2.17. The van der Waals surface area contributed by atoms with Crippen LogP contribution in [0.4, 0.5) is 0 Å². The number of fused-ring (bicyclic) bond motifs is 1. The van der Waals surface area contributed by atoms with Gasteiger partial charge in [0.05, 0.1) is 13.5 Å². The molecule has 2 aromatic carbocycles. The Kier molecular flexibility index (Phi) is 4.51. The van der Waals surface area contributed by atoms with Gasteiger partial charge in [-0.05, 0) is 35.3 Å². The molecule has 112 valence electrons. The van der Waals surface area contributed by atoms with Crippen molar-refractivity contribution >= 4 is 16.7 Å². The van der Waals surface area contributed by atoms with Crippen LogP contribution in [0.15, 0.2) is 36.4 Å². The van der Waals surface area contributed by atoms with Gasteiger partial charge in [0.15, 0.2) is 0 Å². The van der Waals surface area contributed by atoms with Crippen molar-refractivity contribution in [2.45, 2.75) is 33.1 Å². The van der Waals surface area contributed by atoms with E-state index in [2.05, 4.69) is 18.2 Å². The number of carboxylic acid groups (broad SMARTS) is 1. The molecule has 0 saturated carbocycles. The van der Waals surface area contributed by atoms with Crippen LogP contribution in [0.2, 0.25) is 0 Å². The fraction of sp³-hybridized carbons (Fsp3) is 0.389. The molecule has 0 saturated heterocycles. The molecule has 0 aliphatic carbocycles.